The molecule has 0 aromatic carbocycles. The summed E-state index contributed by atoms with van der Waals surface area (Å²) in [5.74, 6) is -3.81. The number of Topliss-reactive ketones (excluding diaryl/α,β-unsaturated/α-hetero) is 2. The third-order valence-corrected chi connectivity index (χ3v) is 11.6. The molecule has 13 heteroatoms. The van der Waals surface area contributed by atoms with Crippen LogP contribution in [0.2, 0.25) is 0 Å². The molecule has 6 atom stereocenters. The van der Waals surface area contributed by atoms with E-state index in [2.05, 4.69) is 26.3 Å². The van der Waals surface area contributed by atoms with Gasteiger partial charge in [0.15, 0.2) is 5.78 Å². The number of likely N-dealkylation sites (tertiary alicyclic amines) is 1. The summed E-state index contributed by atoms with van der Waals surface area (Å²) in [6.45, 7) is 12.4. The summed E-state index contributed by atoms with van der Waals surface area (Å²) in [5, 5.41) is 11.5. The van der Waals surface area contributed by atoms with Crippen molar-refractivity contribution in [3.63, 3.8) is 0 Å². The molecule has 1 aromatic heterocycles. The zero-order chi connectivity index (χ0) is 38.1. The van der Waals surface area contributed by atoms with Crippen molar-refractivity contribution >= 4 is 41.1 Å². The maximum atomic E-state index is 14.7. The molecule has 1 aromatic rings. The number of amides is 5. The normalized spacial score (nSPS) is 23.4. The van der Waals surface area contributed by atoms with Gasteiger partial charge in [0.1, 0.15) is 23.8 Å². The van der Waals surface area contributed by atoms with Crippen molar-refractivity contribution in [3.05, 3.63) is 22.5 Å². The van der Waals surface area contributed by atoms with E-state index in [0.717, 1.165) is 57.8 Å². The minimum atomic E-state index is -1.03. The van der Waals surface area contributed by atoms with Gasteiger partial charge in [-0.3, -0.25) is 33.6 Å². The third-order valence-electron chi connectivity index (χ3n) is 11.6. The van der Waals surface area contributed by atoms with Crippen molar-refractivity contribution in [2.45, 2.75) is 162 Å². The molecule has 286 valence electrons. The van der Waals surface area contributed by atoms with Crippen LogP contribution in [0.4, 0.5) is 0 Å². The highest BCUT2D eigenvalue weighted by atomic mass is 16.2. The monoisotopic (exact) mass is 722 g/mol. The summed E-state index contributed by atoms with van der Waals surface area (Å²) < 4.78 is 0. The highest BCUT2D eigenvalue weighted by molar-refractivity contribution is 6.38. The smallest absolute Gasteiger partial charge is 0.289 e. The maximum Gasteiger partial charge on any atom is 0.289 e. The lowest BCUT2D eigenvalue weighted by Crippen LogP contribution is -2.64. The molecule has 2 heterocycles. The molecule has 4 fully saturated rings. The van der Waals surface area contributed by atoms with Crippen molar-refractivity contribution < 1.29 is 33.6 Å². The minimum absolute atomic E-state index is 0.00330. The van der Waals surface area contributed by atoms with Crippen LogP contribution in [-0.2, 0) is 24.0 Å². The fourth-order valence-electron chi connectivity index (χ4n) is 8.54. The van der Waals surface area contributed by atoms with Crippen LogP contribution < -0.4 is 21.3 Å². The van der Waals surface area contributed by atoms with E-state index >= 15 is 0 Å². The number of fused-ring (bicyclic) bond motifs is 2. The van der Waals surface area contributed by atoms with Crippen LogP contribution in [0, 0.1) is 31.1 Å². The Balaban J connectivity index is 1.37. The maximum absolute atomic E-state index is 14.7. The van der Waals surface area contributed by atoms with Gasteiger partial charge in [-0.05, 0) is 95.0 Å². The van der Waals surface area contributed by atoms with Gasteiger partial charge in [-0.25, -0.2) is 0 Å². The first-order valence-electron chi connectivity index (χ1n) is 19.3. The van der Waals surface area contributed by atoms with E-state index in [-0.39, 0.29) is 41.3 Å². The molecule has 3 aliphatic carbocycles. The Labute approximate surface area is 306 Å². The molecule has 5 rings (SSSR count). The van der Waals surface area contributed by atoms with Gasteiger partial charge in [0, 0.05) is 17.8 Å². The summed E-state index contributed by atoms with van der Waals surface area (Å²) in [7, 11) is 0. The van der Waals surface area contributed by atoms with Gasteiger partial charge in [-0.2, -0.15) is 0 Å². The number of carbonyl (C=O) groups is 7. The molecular weight excluding hydrogens is 664 g/mol. The average molecular weight is 723 g/mol. The summed E-state index contributed by atoms with van der Waals surface area (Å²) in [4.78, 5) is 99.7. The van der Waals surface area contributed by atoms with E-state index in [1.807, 2.05) is 27.7 Å². The van der Waals surface area contributed by atoms with Gasteiger partial charge in [0.25, 0.3) is 11.8 Å². The predicted molar refractivity (Wildman–Crippen MR) is 194 cm³/mol. The van der Waals surface area contributed by atoms with Crippen LogP contribution in [0.1, 0.15) is 144 Å². The van der Waals surface area contributed by atoms with Crippen molar-refractivity contribution in [1.29, 1.82) is 0 Å². The van der Waals surface area contributed by atoms with Crippen LogP contribution in [0.25, 0.3) is 0 Å². The summed E-state index contributed by atoms with van der Waals surface area (Å²) in [5.41, 5.74) is 1.01. The number of aromatic amines is 1. The molecule has 5 N–H and O–H groups in total. The Hall–Kier alpha value is -4.03. The van der Waals surface area contributed by atoms with Crippen LogP contribution in [0.3, 0.4) is 0 Å². The fraction of sp³-hybridized carbons (Fsp3) is 0.718. The largest absolute Gasteiger partial charge is 0.354 e. The van der Waals surface area contributed by atoms with E-state index in [1.165, 1.54) is 6.92 Å². The molecule has 52 heavy (non-hydrogen) atoms. The number of ketones is 2. The molecule has 5 amide bonds. The van der Waals surface area contributed by atoms with Crippen LogP contribution in [0.5, 0.6) is 0 Å². The van der Waals surface area contributed by atoms with Crippen molar-refractivity contribution in [1.82, 2.24) is 31.2 Å². The lowest BCUT2D eigenvalue weighted by Gasteiger charge is -2.41. The first-order valence-corrected chi connectivity index (χ1v) is 19.3. The lowest BCUT2D eigenvalue weighted by atomic mass is 9.81. The van der Waals surface area contributed by atoms with Crippen molar-refractivity contribution in [2.24, 2.45) is 17.3 Å². The van der Waals surface area contributed by atoms with Gasteiger partial charge >= 0.3 is 0 Å². The van der Waals surface area contributed by atoms with E-state index in [4.69, 9.17) is 0 Å². The molecule has 4 aliphatic rings. The summed E-state index contributed by atoms with van der Waals surface area (Å²) in [6.07, 6.45) is 8.93. The number of H-pyrrole nitrogens is 1. The van der Waals surface area contributed by atoms with E-state index in [9.17, 15) is 33.6 Å². The number of nitrogens with zero attached hydrogens (tertiary/aromatic N) is 1. The van der Waals surface area contributed by atoms with E-state index in [1.54, 1.807) is 18.7 Å². The third kappa shape index (κ3) is 8.44. The molecule has 2 bridgehead atoms. The first kappa shape index (κ1) is 39.2. The molecule has 1 aliphatic heterocycles. The van der Waals surface area contributed by atoms with Crippen LogP contribution >= 0.6 is 0 Å². The fourth-order valence-corrected chi connectivity index (χ4v) is 8.54. The SMILES string of the molecule is CCC[C@H](NC(=O)[C@@H]1C2CCC(C2)N1C(=O)[C@@H](NC(=O)[C@@H](NC(=O)c1[nH]c(C)c(C)c1C(C)=O)C1CCCCC1)C(C)(C)C)C(=O)C(=O)NC1CC1. The van der Waals surface area contributed by atoms with Crippen molar-refractivity contribution in [3.8, 4) is 0 Å². The van der Waals surface area contributed by atoms with Gasteiger partial charge in [0.05, 0.1) is 11.6 Å². The average Bonchev–Trinajstić information content (AvgIpc) is 3.52. The number of hydrogen-bond acceptors (Lipinski definition) is 7. The van der Waals surface area contributed by atoms with Gasteiger partial charge < -0.3 is 31.2 Å². The van der Waals surface area contributed by atoms with Crippen LogP contribution in [-0.4, -0.2) is 87.2 Å². The summed E-state index contributed by atoms with van der Waals surface area (Å²) >= 11 is 0. The molecule has 0 radical (unpaired) electrons. The van der Waals surface area contributed by atoms with E-state index < -0.39 is 59.0 Å². The Bertz CT molecular complexity index is 1580. The minimum Gasteiger partial charge on any atom is -0.354 e. The Kier molecular flexibility index (Phi) is 12.0. The molecule has 2 unspecified atom stereocenters. The highest BCUT2D eigenvalue weighted by Gasteiger charge is 2.54. The first-order chi connectivity index (χ1) is 24.5. The molecule has 1 saturated heterocycles. The van der Waals surface area contributed by atoms with Crippen molar-refractivity contribution in [2.75, 3.05) is 0 Å². The number of rotatable bonds is 14. The quantitative estimate of drug-likeness (QED) is 0.144. The second kappa shape index (κ2) is 15.9. The van der Waals surface area contributed by atoms with Gasteiger partial charge in [-0.1, -0.05) is 53.4 Å². The Morgan fingerprint density at radius 1 is 0.885 bits per heavy atom. The molecule has 3 saturated carbocycles. The number of piperidine rings is 1. The molecule has 0 spiro atoms. The zero-order valence-corrected chi connectivity index (χ0v) is 31.9. The zero-order valence-electron chi connectivity index (χ0n) is 31.9. The Morgan fingerprint density at radius 3 is 2.15 bits per heavy atom. The van der Waals surface area contributed by atoms with Gasteiger partial charge in [0.2, 0.25) is 23.5 Å². The molecule has 13 nitrogen and oxygen atoms in total. The second-order valence-corrected chi connectivity index (χ2v) is 16.7. The number of carbonyl (C=O) groups excluding carboxylic acids is 7. The molecular formula is C39H58N6O7. The van der Waals surface area contributed by atoms with E-state index in [0.29, 0.717) is 36.1 Å². The second-order valence-electron chi connectivity index (χ2n) is 16.7. The Morgan fingerprint density at radius 2 is 1.56 bits per heavy atom. The topological polar surface area (TPSA) is 187 Å². The summed E-state index contributed by atoms with van der Waals surface area (Å²) in [6, 6.07) is -4.02. The highest BCUT2D eigenvalue weighted by Crippen LogP contribution is 2.44. The number of aryl methyl sites for hydroxylation is 1. The van der Waals surface area contributed by atoms with Crippen LogP contribution in [0.15, 0.2) is 0 Å². The van der Waals surface area contributed by atoms with Gasteiger partial charge in [-0.15, -0.1) is 0 Å². The number of nitrogens with one attached hydrogen (secondary N) is 5. The standard InChI is InChI=1S/C39H58N6O7/c1-8-12-27(32(47)37(51)41-25-16-17-25)42-36(50)31-24-15-18-26(19-24)45(31)38(52)33(39(5,6)7)44-34(48)29(23-13-10-9-11-14-23)43-35(49)30-28(22(4)46)20(2)21(3)40-30/h23-27,29,31,33,40H,8-19H2,1-7H3,(H,41,51)(H,42,50)(H,43,49)(H,44,48)/t24?,26?,27-,29-,31-,33+/m0/s1. The number of aromatic nitrogens is 1. The lowest BCUT2D eigenvalue weighted by molar-refractivity contribution is -0.149. The predicted octanol–water partition coefficient (Wildman–Crippen LogP) is 3.56. The number of hydrogen-bond donors (Lipinski definition) is 5.